The summed E-state index contributed by atoms with van der Waals surface area (Å²) in [5.74, 6) is 3.86. The summed E-state index contributed by atoms with van der Waals surface area (Å²) in [4.78, 5) is 10.9. The summed E-state index contributed by atoms with van der Waals surface area (Å²) in [6, 6.07) is 81.0. The van der Waals surface area contributed by atoms with E-state index in [1.165, 1.54) is 97.8 Å². The standard InChI is InChI=1S/C68H50N2/c1-3-18-44(19-4-1)50-24-9-11-26-52(50)62-41-63(70-67(69-62)45-20-5-2-6-21-45)66-57-30-15-13-28-55(57)64(56-29-14-16-31-58(56)66)53-27-12-10-25-51(53)54-32-17-33-60-65(54)59-39-46-22-7-8-23-47(46)40-61(59)68(60)48-35-42-34-43(37-48)38-49(68)36-42/h1-33,39-43,48-49H,34-38H2. The van der Waals surface area contributed by atoms with Crippen LogP contribution in [0, 0.1) is 23.7 Å². The lowest BCUT2D eigenvalue weighted by Gasteiger charge is -2.61. The fraction of sp³-hybridized carbons (Fsp3) is 0.147. The Morgan fingerprint density at radius 1 is 0.314 bits per heavy atom. The second-order valence-corrected chi connectivity index (χ2v) is 20.8. The quantitative estimate of drug-likeness (QED) is 0.155. The van der Waals surface area contributed by atoms with Gasteiger partial charge in [-0.05, 0) is 162 Å². The van der Waals surface area contributed by atoms with Crippen molar-refractivity contribution < 1.29 is 0 Å². The zero-order chi connectivity index (χ0) is 45.9. The van der Waals surface area contributed by atoms with Gasteiger partial charge in [0.2, 0.25) is 0 Å². The van der Waals surface area contributed by atoms with Crippen molar-refractivity contribution in [1.82, 2.24) is 9.97 Å². The molecule has 332 valence electrons. The Bertz CT molecular complexity index is 3820. The molecule has 0 atom stereocenters. The average Bonchev–Trinajstić information content (AvgIpc) is 3.70. The molecule has 0 amide bonds. The van der Waals surface area contributed by atoms with Gasteiger partial charge in [0.05, 0.1) is 11.4 Å². The van der Waals surface area contributed by atoms with Gasteiger partial charge in [-0.15, -0.1) is 0 Å². The first-order valence-electron chi connectivity index (χ1n) is 25.5. The Morgan fingerprint density at radius 2 is 0.814 bits per heavy atom. The third-order valence-corrected chi connectivity index (χ3v) is 17.3. The number of benzene rings is 10. The second kappa shape index (κ2) is 15.5. The Labute approximate surface area is 409 Å². The lowest BCUT2D eigenvalue weighted by Crippen LogP contribution is -2.55. The number of rotatable bonds is 6. The molecule has 70 heavy (non-hydrogen) atoms. The highest BCUT2D eigenvalue weighted by Gasteiger charge is 2.62. The van der Waals surface area contributed by atoms with Crippen LogP contribution in [0.15, 0.2) is 218 Å². The summed E-state index contributed by atoms with van der Waals surface area (Å²) in [7, 11) is 0. The van der Waals surface area contributed by atoms with Gasteiger partial charge in [0.25, 0.3) is 0 Å². The van der Waals surface area contributed by atoms with Crippen LogP contribution in [-0.4, -0.2) is 9.97 Å². The predicted octanol–water partition coefficient (Wildman–Crippen LogP) is 17.7. The van der Waals surface area contributed by atoms with Crippen molar-refractivity contribution >= 4 is 32.3 Å². The third kappa shape index (κ3) is 5.86. The van der Waals surface area contributed by atoms with E-state index in [1.54, 1.807) is 11.1 Å². The first-order chi connectivity index (χ1) is 34.7. The van der Waals surface area contributed by atoms with Crippen LogP contribution in [0.25, 0.3) is 111 Å². The number of hydrogen-bond donors (Lipinski definition) is 0. The van der Waals surface area contributed by atoms with Gasteiger partial charge in [-0.25, -0.2) is 9.97 Å². The normalized spacial score (nSPS) is 20.6. The summed E-state index contributed by atoms with van der Waals surface area (Å²) < 4.78 is 0. The molecule has 4 saturated carbocycles. The van der Waals surface area contributed by atoms with Gasteiger partial charge in [-0.3, -0.25) is 0 Å². The predicted molar refractivity (Wildman–Crippen MR) is 290 cm³/mol. The smallest absolute Gasteiger partial charge is 0.160 e. The first-order valence-corrected chi connectivity index (χ1v) is 25.5. The van der Waals surface area contributed by atoms with Crippen molar-refractivity contribution in [1.29, 1.82) is 0 Å². The highest BCUT2D eigenvalue weighted by Crippen LogP contribution is 2.70. The van der Waals surface area contributed by atoms with Crippen molar-refractivity contribution in [2.45, 2.75) is 37.5 Å². The molecule has 1 aromatic heterocycles. The molecule has 0 radical (unpaired) electrons. The van der Waals surface area contributed by atoms with Crippen LogP contribution in [0.5, 0.6) is 0 Å². The van der Waals surface area contributed by atoms with Gasteiger partial charge < -0.3 is 0 Å². The van der Waals surface area contributed by atoms with Crippen molar-refractivity contribution in [2.24, 2.45) is 23.7 Å². The van der Waals surface area contributed by atoms with E-state index in [2.05, 4.69) is 218 Å². The summed E-state index contributed by atoms with van der Waals surface area (Å²) >= 11 is 0. The summed E-state index contributed by atoms with van der Waals surface area (Å²) in [5, 5.41) is 7.48. The molecule has 2 heteroatoms. The fourth-order valence-electron chi connectivity index (χ4n) is 14.8. The third-order valence-electron chi connectivity index (χ3n) is 17.3. The minimum absolute atomic E-state index is 0.0602. The maximum absolute atomic E-state index is 5.51. The minimum atomic E-state index is 0.0602. The van der Waals surface area contributed by atoms with Crippen molar-refractivity contribution in [3.63, 3.8) is 0 Å². The number of fused-ring (bicyclic) bond motifs is 6. The van der Waals surface area contributed by atoms with Gasteiger partial charge in [-0.2, -0.15) is 0 Å². The molecule has 11 aromatic rings. The largest absolute Gasteiger partial charge is 0.228 e. The van der Waals surface area contributed by atoms with Crippen LogP contribution in [0.3, 0.4) is 0 Å². The summed E-state index contributed by atoms with van der Waals surface area (Å²) in [6.07, 6.45) is 6.91. The van der Waals surface area contributed by atoms with Crippen molar-refractivity contribution in [3.05, 3.63) is 230 Å². The van der Waals surface area contributed by atoms with Gasteiger partial charge in [0, 0.05) is 22.1 Å². The molecule has 0 unspecified atom stereocenters. The van der Waals surface area contributed by atoms with E-state index < -0.39 is 0 Å². The van der Waals surface area contributed by atoms with E-state index in [4.69, 9.17) is 9.97 Å². The fourth-order valence-corrected chi connectivity index (χ4v) is 14.8. The minimum Gasteiger partial charge on any atom is -0.228 e. The van der Waals surface area contributed by atoms with Gasteiger partial charge >= 0.3 is 0 Å². The summed E-state index contributed by atoms with van der Waals surface area (Å²) in [6.45, 7) is 0. The van der Waals surface area contributed by atoms with E-state index >= 15 is 0 Å². The van der Waals surface area contributed by atoms with E-state index in [-0.39, 0.29) is 5.41 Å². The molecule has 5 aliphatic rings. The molecule has 4 fully saturated rings. The first kappa shape index (κ1) is 40.0. The van der Waals surface area contributed by atoms with Crippen LogP contribution in [0.4, 0.5) is 0 Å². The van der Waals surface area contributed by atoms with Gasteiger partial charge in [0.1, 0.15) is 0 Å². The molecule has 4 bridgehead atoms. The lowest BCUT2D eigenvalue weighted by atomic mass is 9.43. The highest BCUT2D eigenvalue weighted by molar-refractivity contribution is 6.22. The number of nitrogens with zero attached hydrogens (tertiary/aromatic N) is 2. The SMILES string of the molecule is c1ccc(-c2nc(-c3ccccc3-c3ccccc3)cc(-c3c4ccccc4c(-c4ccccc4-c4cccc5c4-c4cc6ccccc6cc4C54C5CC6CC(C5)CC4C6)c4ccccc34)n2)cc1. The average molecular weight is 895 g/mol. The maximum Gasteiger partial charge on any atom is 0.160 e. The van der Waals surface area contributed by atoms with Crippen LogP contribution in [0.1, 0.15) is 43.2 Å². The van der Waals surface area contributed by atoms with E-state index in [1.807, 2.05) is 0 Å². The molecule has 2 nitrogen and oxygen atoms in total. The summed E-state index contributed by atoms with van der Waals surface area (Å²) in [5.41, 5.74) is 18.6. The lowest BCUT2D eigenvalue weighted by molar-refractivity contribution is -0.0398. The second-order valence-electron chi connectivity index (χ2n) is 20.8. The zero-order valence-corrected chi connectivity index (χ0v) is 39.0. The van der Waals surface area contributed by atoms with Gasteiger partial charge in [-0.1, -0.05) is 200 Å². The van der Waals surface area contributed by atoms with E-state index in [9.17, 15) is 0 Å². The molecule has 1 heterocycles. The van der Waals surface area contributed by atoms with Crippen LogP contribution >= 0.6 is 0 Å². The van der Waals surface area contributed by atoms with Crippen molar-refractivity contribution in [2.75, 3.05) is 0 Å². The molecule has 1 spiro atoms. The molecule has 16 rings (SSSR count). The molecule has 10 aromatic carbocycles. The van der Waals surface area contributed by atoms with Crippen LogP contribution in [0.2, 0.25) is 0 Å². The highest BCUT2D eigenvalue weighted by atomic mass is 14.9. The van der Waals surface area contributed by atoms with E-state index in [0.29, 0.717) is 17.7 Å². The molecular weight excluding hydrogens is 845 g/mol. The van der Waals surface area contributed by atoms with Gasteiger partial charge in [0.15, 0.2) is 5.82 Å². The number of hydrogen-bond acceptors (Lipinski definition) is 2. The Morgan fingerprint density at radius 3 is 1.47 bits per heavy atom. The Balaban J connectivity index is 0.974. The van der Waals surface area contributed by atoms with Crippen LogP contribution < -0.4 is 0 Å². The molecular formula is C68H50N2. The number of aromatic nitrogens is 2. The molecule has 0 N–H and O–H groups in total. The Kier molecular flexibility index (Phi) is 8.88. The van der Waals surface area contributed by atoms with Crippen molar-refractivity contribution in [3.8, 4) is 78.4 Å². The molecule has 0 aliphatic heterocycles. The topological polar surface area (TPSA) is 25.8 Å². The zero-order valence-electron chi connectivity index (χ0n) is 39.0. The Hall–Kier alpha value is -7.94. The van der Waals surface area contributed by atoms with E-state index in [0.717, 1.165) is 51.0 Å². The van der Waals surface area contributed by atoms with Crippen LogP contribution in [-0.2, 0) is 5.41 Å². The molecule has 0 saturated heterocycles. The maximum atomic E-state index is 5.51. The molecule has 5 aliphatic carbocycles. The monoisotopic (exact) mass is 894 g/mol.